The van der Waals surface area contributed by atoms with Crippen LogP contribution in [0.2, 0.25) is 0 Å². The summed E-state index contributed by atoms with van der Waals surface area (Å²) >= 11 is 0. The average Bonchev–Trinajstić information content (AvgIpc) is 2.54. The molecule has 2 rings (SSSR count). The number of hydrogen-bond acceptors (Lipinski definition) is 3. The largest absolute Gasteiger partial charge is 0.467 e. The maximum atomic E-state index is 13.2. The van der Waals surface area contributed by atoms with Crippen LogP contribution in [-0.4, -0.2) is 25.0 Å². The minimum atomic E-state index is -0.875. The van der Waals surface area contributed by atoms with Crippen LogP contribution in [0.3, 0.4) is 0 Å². The van der Waals surface area contributed by atoms with E-state index in [2.05, 4.69) is 5.32 Å². The highest BCUT2D eigenvalue weighted by Gasteiger charge is 2.22. The summed E-state index contributed by atoms with van der Waals surface area (Å²) < 4.78 is 17.9. The summed E-state index contributed by atoms with van der Waals surface area (Å²) in [7, 11) is 1.25. The Balaban J connectivity index is 2.13. The second kappa shape index (κ2) is 7.36. The fourth-order valence-corrected chi connectivity index (χ4v) is 2.07. The van der Waals surface area contributed by atoms with Gasteiger partial charge in [-0.05, 0) is 29.8 Å². The van der Waals surface area contributed by atoms with Crippen LogP contribution in [0.5, 0.6) is 0 Å². The molecule has 4 nitrogen and oxygen atoms in total. The standard InChI is InChI=1S/C17H16FNO3/c1-22-17(21)15(11-12-6-5-9-14(18)10-12)19-16(20)13-7-3-2-4-8-13/h2-10,15H,11H2,1H3,(H,19,20)/t15-/m1/s1. The number of amides is 1. The number of rotatable bonds is 5. The van der Waals surface area contributed by atoms with E-state index in [9.17, 15) is 14.0 Å². The molecule has 5 heteroatoms. The summed E-state index contributed by atoms with van der Waals surface area (Å²) in [5.41, 5.74) is 1.04. The summed E-state index contributed by atoms with van der Waals surface area (Å²) in [6, 6.07) is 13.6. The zero-order valence-corrected chi connectivity index (χ0v) is 12.1. The van der Waals surface area contributed by atoms with Crippen molar-refractivity contribution in [1.29, 1.82) is 0 Å². The lowest BCUT2D eigenvalue weighted by molar-refractivity contribution is -0.142. The molecule has 22 heavy (non-hydrogen) atoms. The van der Waals surface area contributed by atoms with Crippen molar-refractivity contribution in [2.24, 2.45) is 0 Å². The molecule has 1 amide bonds. The number of hydrogen-bond donors (Lipinski definition) is 1. The third-order valence-corrected chi connectivity index (χ3v) is 3.16. The van der Waals surface area contributed by atoms with Crippen LogP contribution in [0.15, 0.2) is 54.6 Å². The molecule has 2 aromatic rings. The first-order valence-electron chi connectivity index (χ1n) is 6.78. The molecule has 0 saturated carbocycles. The van der Waals surface area contributed by atoms with Gasteiger partial charge in [-0.2, -0.15) is 0 Å². The van der Waals surface area contributed by atoms with Crippen molar-refractivity contribution in [3.05, 3.63) is 71.5 Å². The Hall–Kier alpha value is -2.69. The van der Waals surface area contributed by atoms with E-state index in [1.165, 1.54) is 19.2 Å². The Morgan fingerprint density at radius 3 is 2.50 bits per heavy atom. The average molecular weight is 301 g/mol. The molecule has 0 aliphatic heterocycles. The molecule has 0 aliphatic carbocycles. The van der Waals surface area contributed by atoms with Crippen molar-refractivity contribution in [2.45, 2.75) is 12.5 Å². The normalized spacial score (nSPS) is 11.5. The number of ether oxygens (including phenoxy) is 1. The van der Waals surface area contributed by atoms with Gasteiger partial charge < -0.3 is 10.1 Å². The molecule has 0 radical (unpaired) electrons. The monoisotopic (exact) mass is 301 g/mol. The zero-order chi connectivity index (χ0) is 15.9. The van der Waals surface area contributed by atoms with Gasteiger partial charge in [0.25, 0.3) is 5.91 Å². The molecule has 114 valence electrons. The maximum absolute atomic E-state index is 13.2. The highest BCUT2D eigenvalue weighted by molar-refractivity contribution is 5.96. The van der Waals surface area contributed by atoms with Crippen molar-refractivity contribution in [3.63, 3.8) is 0 Å². The van der Waals surface area contributed by atoms with Gasteiger partial charge in [0.15, 0.2) is 0 Å². The van der Waals surface area contributed by atoms with Gasteiger partial charge in [0.2, 0.25) is 0 Å². The van der Waals surface area contributed by atoms with Crippen LogP contribution in [0.25, 0.3) is 0 Å². The summed E-state index contributed by atoms with van der Waals surface area (Å²) in [6.45, 7) is 0. The molecular weight excluding hydrogens is 285 g/mol. The first-order chi connectivity index (χ1) is 10.6. The summed E-state index contributed by atoms with van der Waals surface area (Å²) in [5, 5.41) is 2.62. The highest BCUT2D eigenvalue weighted by atomic mass is 19.1. The molecule has 1 atom stereocenters. The number of nitrogens with one attached hydrogen (secondary N) is 1. The van der Waals surface area contributed by atoms with Crippen molar-refractivity contribution in [1.82, 2.24) is 5.32 Å². The quantitative estimate of drug-likeness (QED) is 0.862. The first kappa shape index (κ1) is 15.7. The van der Waals surface area contributed by atoms with Crippen LogP contribution in [0, 0.1) is 5.82 Å². The molecule has 0 bridgehead atoms. The number of halogens is 1. The lowest BCUT2D eigenvalue weighted by atomic mass is 10.1. The van der Waals surface area contributed by atoms with Gasteiger partial charge in [-0.3, -0.25) is 4.79 Å². The summed E-state index contributed by atoms with van der Waals surface area (Å²) in [5.74, 6) is -1.35. The summed E-state index contributed by atoms with van der Waals surface area (Å²) in [6.07, 6.45) is 0.156. The number of esters is 1. The van der Waals surface area contributed by atoms with Crippen molar-refractivity contribution < 1.29 is 18.7 Å². The van der Waals surface area contributed by atoms with E-state index < -0.39 is 17.8 Å². The molecule has 0 aliphatic rings. The Morgan fingerprint density at radius 1 is 1.14 bits per heavy atom. The van der Waals surface area contributed by atoms with E-state index in [0.29, 0.717) is 11.1 Å². The molecule has 1 N–H and O–H groups in total. The van der Waals surface area contributed by atoms with Gasteiger partial charge in [0, 0.05) is 12.0 Å². The van der Waals surface area contributed by atoms with E-state index in [0.717, 1.165) is 0 Å². The van der Waals surface area contributed by atoms with Gasteiger partial charge in [-0.15, -0.1) is 0 Å². The van der Waals surface area contributed by atoms with Crippen LogP contribution in [0.1, 0.15) is 15.9 Å². The van der Waals surface area contributed by atoms with E-state index in [1.807, 2.05) is 0 Å². The Bertz CT molecular complexity index is 658. The third kappa shape index (κ3) is 4.15. The van der Waals surface area contributed by atoms with Crippen LogP contribution >= 0.6 is 0 Å². The smallest absolute Gasteiger partial charge is 0.328 e. The maximum Gasteiger partial charge on any atom is 0.328 e. The topological polar surface area (TPSA) is 55.4 Å². The van der Waals surface area contributed by atoms with Crippen molar-refractivity contribution in [3.8, 4) is 0 Å². The zero-order valence-electron chi connectivity index (χ0n) is 12.1. The Labute approximate surface area is 127 Å². The molecule has 0 saturated heterocycles. The number of methoxy groups -OCH3 is 1. The van der Waals surface area contributed by atoms with E-state index >= 15 is 0 Å². The van der Waals surface area contributed by atoms with Gasteiger partial charge in [-0.25, -0.2) is 9.18 Å². The number of benzene rings is 2. The van der Waals surface area contributed by atoms with Crippen LogP contribution in [-0.2, 0) is 16.0 Å². The second-order valence-corrected chi connectivity index (χ2v) is 4.75. The first-order valence-corrected chi connectivity index (χ1v) is 6.78. The number of carbonyl (C=O) groups is 2. The second-order valence-electron chi connectivity index (χ2n) is 4.75. The van der Waals surface area contributed by atoms with Crippen molar-refractivity contribution in [2.75, 3.05) is 7.11 Å². The summed E-state index contributed by atoms with van der Waals surface area (Å²) in [4.78, 5) is 24.0. The Kier molecular flexibility index (Phi) is 5.25. The minimum absolute atomic E-state index is 0.156. The fourth-order valence-electron chi connectivity index (χ4n) is 2.07. The predicted molar refractivity (Wildman–Crippen MR) is 79.8 cm³/mol. The van der Waals surface area contributed by atoms with Crippen LogP contribution < -0.4 is 5.32 Å². The van der Waals surface area contributed by atoms with Gasteiger partial charge >= 0.3 is 5.97 Å². The van der Waals surface area contributed by atoms with E-state index in [-0.39, 0.29) is 12.3 Å². The Morgan fingerprint density at radius 2 is 1.86 bits per heavy atom. The molecule has 0 unspecified atom stereocenters. The minimum Gasteiger partial charge on any atom is -0.467 e. The van der Waals surface area contributed by atoms with Gasteiger partial charge in [-0.1, -0.05) is 30.3 Å². The lowest BCUT2D eigenvalue weighted by Gasteiger charge is -2.16. The predicted octanol–water partition coefficient (Wildman–Crippen LogP) is 2.34. The fraction of sp³-hybridized carbons (Fsp3) is 0.176. The highest BCUT2D eigenvalue weighted by Crippen LogP contribution is 2.08. The van der Waals surface area contributed by atoms with Crippen LogP contribution in [0.4, 0.5) is 4.39 Å². The lowest BCUT2D eigenvalue weighted by Crippen LogP contribution is -2.43. The molecule has 0 heterocycles. The third-order valence-electron chi connectivity index (χ3n) is 3.16. The molecule has 0 spiro atoms. The van der Waals surface area contributed by atoms with Gasteiger partial charge in [0.05, 0.1) is 7.11 Å². The molecule has 0 aromatic heterocycles. The van der Waals surface area contributed by atoms with Crippen molar-refractivity contribution >= 4 is 11.9 Å². The molecular formula is C17H16FNO3. The van der Waals surface area contributed by atoms with E-state index in [4.69, 9.17) is 4.74 Å². The van der Waals surface area contributed by atoms with E-state index in [1.54, 1.807) is 42.5 Å². The molecule has 0 fully saturated rings. The van der Waals surface area contributed by atoms with Gasteiger partial charge in [0.1, 0.15) is 11.9 Å². The molecule has 2 aromatic carbocycles. The number of carbonyl (C=O) groups excluding carboxylic acids is 2. The SMILES string of the molecule is COC(=O)[C@@H](Cc1cccc(F)c1)NC(=O)c1ccccc1.